The Morgan fingerprint density at radius 3 is 2.53 bits per heavy atom. The summed E-state index contributed by atoms with van der Waals surface area (Å²) in [4.78, 5) is 17.2. The molecular weight excluding hydrogens is 272 g/mol. The second kappa shape index (κ2) is 4.98. The lowest BCUT2D eigenvalue weighted by Gasteiger charge is -2.06. The van der Waals surface area contributed by atoms with Crippen molar-refractivity contribution in [3.05, 3.63) is 53.0 Å². The van der Waals surface area contributed by atoms with Gasteiger partial charge in [0.15, 0.2) is 0 Å². The predicted molar refractivity (Wildman–Crippen MR) is 65.9 cm³/mol. The molecule has 0 fully saturated rings. The Labute approximate surface area is 108 Å². The van der Waals surface area contributed by atoms with Gasteiger partial charge in [0.1, 0.15) is 16.9 Å². The second-order valence-corrected chi connectivity index (χ2v) is 5.14. The number of rotatable bonds is 4. The van der Waals surface area contributed by atoms with Gasteiger partial charge >= 0.3 is 0 Å². The molecule has 2 heterocycles. The minimum Gasteiger partial charge on any atom is -0.263 e. The van der Waals surface area contributed by atoms with E-state index in [0.717, 1.165) is 12.3 Å². The second-order valence-electron chi connectivity index (χ2n) is 3.45. The van der Waals surface area contributed by atoms with Gasteiger partial charge in [0.2, 0.25) is 0 Å². The third-order valence-electron chi connectivity index (χ3n) is 2.14. The molecule has 0 amide bonds. The van der Waals surface area contributed by atoms with Crippen LogP contribution in [-0.4, -0.2) is 23.3 Å². The zero-order valence-corrected chi connectivity index (χ0v) is 10.2. The molecule has 0 radical (unpaired) electrons. The zero-order chi connectivity index (χ0) is 13.9. The van der Waals surface area contributed by atoms with Gasteiger partial charge in [0.25, 0.3) is 15.7 Å². The molecule has 19 heavy (non-hydrogen) atoms. The standard InChI is InChI=1S/C10H8N4O4S/c15-14(16)8-3-4-10(12-6-8)13-19(17,18)9-2-1-5-11-7-9/h1-7H,(H,12,13). The zero-order valence-electron chi connectivity index (χ0n) is 9.42. The average molecular weight is 280 g/mol. The molecule has 0 saturated heterocycles. The summed E-state index contributed by atoms with van der Waals surface area (Å²) < 4.78 is 26.0. The molecule has 98 valence electrons. The van der Waals surface area contributed by atoms with Gasteiger partial charge in [0, 0.05) is 18.5 Å². The predicted octanol–water partition coefficient (Wildman–Crippen LogP) is 1.19. The summed E-state index contributed by atoms with van der Waals surface area (Å²) in [5.41, 5.74) is -0.218. The molecule has 8 nitrogen and oxygen atoms in total. The number of pyridine rings is 2. The highest BCUT2D eigenvalue weighted by Gasteiger charge is 2.15. The Morgan fingerprint density at radius 1 is 1.21 bits per heavy atom. The summed E-state index contributed by atoms with van der Waals surface area (Å²) in [6.45, 7) is 0. The van der Waals surface area contributed by atoms with Gasteiger partial charge in [-0.3, -0.25) is 19.8 Å². The minimum atomic E-state index is -3.79. The quantitative estimate of drug-likeness (QED) is 0.664. The number of nitrogens with zero attached hydrogens (tertiary/aromatic N) is 3. The summed E-state index contributed by atoms with van der Waals surface area (Å²) in [5.74, 6) is -0.00514. The Hall–Kier alpha value is -2.55. The molecule has 0 aliphatic rings. The van der Waals surface area contributed by atoms with E-state index in [0.29, 0.717) is 0 Å². The molecule has 2 rings (SSSR count). The van der Waals surface area contributed by atoms with Crippen molar-refractivity contribution in [2.24, 2.45) is 0 Å². The number of sulfonamides is 1. The molecule has 1 N–H and O–H groups in total. The van der Waals surface area contributed by atoms with Crippen LogP contribution in [-0.2, 0) is 10.0 Å². The van der Waals surface area contributed by atoms with Crippen molar-refractivity contribution in [2.75, 3.05) is 4.72 Å². The summed E-state index contributed by atoms with van der Waals surface area (Å²) >= 11 is 0. The van der Waals surface area contributed by atoms with E-state index in [4.69, 9.17) is 0 Å². The first-order valence-electron chi connectivity index (χ1n) is 5.02. The van der Waals surface area contributed by atoms with E-state index in [1.165, 1.54) is 30.6 Å². The number of hydrogen-bond acceptors (Lipinski definition) is 6. The van der Waals surface area contributed by atoms with E-state index in [2.05, 4.69) is 14.7 Å². The normalized spacial score (nSPS) is 10.9. The van der Waals surface area contributed by atoms with Crippen LogP contribution in [0.2, 0.25) is 0 Å². The van der Waals surface area contributed by atoms with E-state index in [1.807, 2.05) is 0 Å². The van der Waals surface area contributed by atoms with Gasteiger partial charge in [-0.25, -0.2) is 13.4 Å². The Kier molecular flexibility index (Phi) is 3.38. The molecule has 0 bridgehead atoms. The summed E-state index contributed by atoms with van der Waals surface area (Å²) in [6, 6.07) is 5.23. The highest BCUT2D eigenvalue weighted by molar-refractivity contribution is 7.92. The fourth-order valence-electron chi connectivity index (χ4n) is 1.26. The van der Waals surface area contributed by atoms with Gasteiger partial charge in [0.05, 0.1) is 4.92 Å². The van der Waals surface area contributed by atoms with Crippen LogP contribution in [0.4, 0.5) is 11.5 Å². The first kappa shape index (κ1) is 12.9. The smallest absolute Gasteiger partial charge is 0.263 e. The maximum Gasteiger partial charge on any atom is 0.287 e. The van der Waals surface area contributed by atoms with Gasteiger partial charge in [-0.15, -0.1) is 0 Å². The molecular formula is C10H8N4O4S. The summed E-state index contributed by atoms with van der Waals surface area (Å²) in [6.07, 6.45) is 3.61. The topological polar surface area (TPSA) is 115 Å². The van der Waals surface area contributed by atoms with E-state index in [1.54, 1.807) is 0 Å². The van der Waals surface area contributed by atoms with Gasteiger partial charge in [-0.05, 0) is 18.2 Å². The lowest BCUT2D eigenvalue weighted by atomic mass is 10.4. The first-order chi connectivity index (χ1) is 8.99. The van der Waals surface area contributed by atoms with Crippen LogP contribution in [0.5, 0.6) is 0 Å². The summed E-state index contributed by atoms with van der Waals surface area (Å²) in [5, 5.41) is 10.4. The monoisotopic (exact) mass is 280 g/mol. The number of aromatic nitrogens is 2. The molecule has 9 heteroatoms. The largest absolute Gasteiger partial charge is 0.287 e. The van der Waals surface area contributed by atoms with Crippen molar-refractivity contribution >= 4 is 21.5 Å². The van der Waals surface area contributed by atoms with E-state index in [-0.39, 0.29) is 16.4 Å². The molecule has 0 aliphatic heterocycles. The van der Waals surface area contributed by atoms with E-state index in [9.17, 15) is 18.5 Å². The van der Waals surface area contributed by atoms with Crippen LogP contribution in [0.25, 0.3) is 0 Å². The fraction of sp³-hybridized carbons (Fsp3) is 0. The third kappa shape index (κ3) is 3.01. The highest BCUT2D eigenvalue weighted by Crippen LogP contribution is 2.15. The molecule has 0 saturated carbocycles. The minimum absolute atomic E-state index is 0.00514. The molecule has 0 aromatic carbocycles. The molecule has 2 aromatic rings. The third-order valence-corrected chi connectivity index (χ3v) is 3.48. The van der Waals surface area contributed by atoms with Gasteiger partial charge < -0.3 is 0 Å². The van der Waals surface area contributed by atoms with Gasteiger partial charge in [-0.2, -0.15) is 0 Å². The lowest BCUT2D eigenvalue weighted by molar-refractivity contribution is -0.385. The average Bonchev–Trinajstić information content (AvgIpc) is 2.40. The van der Waals surface area contributed by atoms with Crippen LogP contribution in [0.15, 0.2) is 47.8 Å². The van der Waals surface area contributed by atoms with Crippen molar-refractivity contribution in [3.8, 4) is 0 Å². The Morgan fingerprint density at radius 2 is 2.00 bits per heavy atom. The summed E-state index contributed by atoms with van der Waals surface area (Å²) in [7, 11) is -3.79. The number of nitrogens with one attached hydrogen (secondary N) is 1. The number of anilines is 1. The van der Waals surface area contributed by atoms with Crippen LogP contribution < -0.4 is 4.72 Å². The Bertz CT molecular complexity index is 685. The van der Waals surface area contributed by atoms with Crippen LogP contribution >= 0.6 is 0 Å². The first-order valence-corrected chi connectivity index (χ1v) is 6.51. The van der Waals surface area contributed by atoms with Crippen molar-refractivity contribution in [3.63, 3.8) is 0 Å². The van der Waals surface area contributed by atoms with Crippen LogP contribution in [0, 0.1) is 10.1 Å². The molecule has 0 aliphatic carbocycles. The van der Waals surface area contributed by atoms with Crippen molar-refractivity contribution in [2.45, 2.75) is 4.90 Å². The fourth-order valence-corrected chi connectivity index (χ4v) is 2.23. The van der Waals surface area contributed by atoms with E-state index < -0.39 is 14.9 Å². The van der Waals surface area contributed by atoms with Crippen molar-refractivity contribution < 1.29 is 13.3 Å². The van der Waals surface area contributed by atoms with Crippen LogP contribution in [0.1, 0.15) is 0 Å². The Balaban J connectivity index is 2.24. The van der Waals surface area contributed by atoms with Crippen molar-refractivity contribution in [1.29, 1.82) is 0 Å². The molecule has 0 unspecified atom stereocenters. The number of hydrogen-bond donors (Lipinski definition) is 1. The van der Waals surface area contributed by atoms with Crippen molar-refractivity contribution in [1.82, 2.24) is 9.97 Å². The molecule has 0 spiro atoms. The van der Waals surface area contributed by atoms with Gasteiger partial charge in [-0.1, -0.05) is 0 Å². The highest BCUT2D eigenvalue weighted by atomic mass is 32.2. The maximum absolute atomic E-state index is 11.9. The lowest BCUT2D eigenvalue weighted by Crippen LogP contribution is -2.14. The molecule has 2 aromatic heterocycles. The van der Waals surface area contributed by atoms with Crippen LogP contribution in [0.3, 0.4) is 0 Å². The molecule has 0 atom stereocenters. The SMILES string of the molecule is O=[N+]([O-])c1ccc(NS(=O)(=O)c2cccnc2)nc1. The van der Waals surface area contributed by atoms with E-state index >= 15 is 0 Å². The number of nitro groups is 1. The maximum atomic E-state index is 11.9.